The van der Waals surface area contributed by atoms with E-state index in [0.29, 0.717) is 25.0 Å². The van der Waals surface area contributed by atoms with Gasteiger partial charge in [0.1, 0.15) is 0 Å². The summed E-state index contributed by atoms with van der Waals surface area (Å²) >= 11 is 0. The maximum Gasteiger partial charge on any atom is 0.0721 e. The van der Waals surface area contributed by atoms with E-state index in [1.165, 1.54) is 22.3 Å². The number of hydrogen-bond acceptors (Lipinski definition) is 1. The van der Waals surface area contributed by atoms with Crippen molar-refractivity contribution in [2.24, 2.45) is 11.8 Å². The van der Waals surface area contributed by atoms with Gasteiger partial charge in [-0.25, -0.2) is 0 Å². The van der Waals surface area contributed by atoms with Crippen LogP contribution in [0, 0.1) is 11.8 Å². The molecular formula is C22H30O. The first kappa shape index (κ1) is 17.7. The second-order valence-corrected chi connectivity index (χ2v) is 7.32. The summed E-state index contributed by atoms with van der Waals surface area (Å²) in [5.74, 6) is 1.41. The van der Waals surface area contributed by atoms with Crippen molar-refractivity contribution in [1.29, 1.82) is 0 Å². The predicted octanol–water partition coefficient (Wildman–Crippen LogP) is 5.80. The Balaban J connectivity index is 1.78. The van der Waals surface area contributed by atoms with Crippen LogP contribution in [-0.2, 0) is 30.8 Å². The summed E-state index contributed by atoms with van der Waals surface area (Å²) in [5.41, 5.74) is 5.30. The average Bonchev–Trinajstić information content (AvgIpc) is 2.50. The van der Waals surface area contributed by atoms with Gasteiger partial charge in [0.2, 0.25) is 0 Å². The molecule has 1 heteroatoms. The summed E-state index contributed by atoms with van der Waals surface area (Å²) in [6.45, 7) is 10.4. The molecule has 0 heterocycles. The molecule has 1 nitrogen and oxygen atoms in total. The molecule has 0 aliphatic carbocycles. The molecule has 124 valence electrons. The van der Waals surface area contributed by atoms with E-state index in [1.54, 1.807) is 0 Å². The Morgan fingerprint density at radius 1 is 0.565 bits per heavy atom. The molecular weight excluding hydrogens is 280 g/mol. The molecule has 0 aromatic heterocycles. The average molecular weight is 310 g/mol. The molecule has 0 unspecified atom stereocenters. The zero-order chi connectivity index (χ0) is 16.7. The van der Waals surface area contributed by atoms with Crippen LogP contribution in [0.5, 0.6) is 0 Å². The van der Waals surface area contributed by atoms with Crippen molar-refractivity contribution in [3.8, 4) is 0 Å². The van der Waals surface area contributed by atoms with Crippen molar-refractivity contribution < 1.29 is 4.74 Å². The first-order valence-corrected chi connectivity index (χ1v) is 8.76. The Bertz CT molecular complexity index is 510. The second-order valence-electron chi connectivity index (χ2n) is 7.32. The zero-order valence-electron chi connectivity index (χ0n) is 15.0. The van der Waals surface area contributed by atoms with Gasteiger partial charge in [-0.15, -0.1) is 0 Å². The lowest BCUT2D eigenvalue weighted by Crippen LogP contribution is -1.97. The van der Waals surface area contributed by atoms with Crippen molar-refractivity contribution in [2.45, 2.75) is 53.8 Å². The van der Waals surface area contributed by atoms with Gasteiger partial charge in [0.15, 0.2) is 0 Å². The van der Waals surface area contributed by atoms with Crippen LogP contribution in [0.25, 0.3) is 0 Å². The summed E-state index contributed by atoms with van der Waals surface area (Å²) in [6, 6.07) is 17.6. The molecule has 0 N–H and O–H groups in total. The lowest BCUT2D eigenvalue weighted by atomic mass is 10.0. The van der Waals surface area contributed by atoms with Crippen LogP contribution in [0.2, 0.25) is 0 Å². The lowest BCUT2D eigenvalue weighted by Gasteiger charge is -2.09. The Hall–Kier alpha value is -1.60. The van der Waals surface area contributed by atoms with Gasteiger partial charge in [0, 0.05) is 0 Å². The third-order valence-corrected chi connectivity index (χ3v) is 3.87. The molecule has 23 heavy (non-hydrogen) atoms. The van der Waals surface area contributed by atoms with E-state index in [-0.39, 0.29) is 0 Å². The first-order valence-electron chi connectivity index (χ1n) is 8.76. The zero-order valence-corrected chi connectivity index (χ0v) is 15.0. The minimum Gasteiger partial charge on any atom is -0.372 e. The van der Waals surface area contributed by atoms with Crippen LogP contribution < -0.4 is 0 Å². The van der Waals surface area contributed by atoms with Crippen LogP contribution >= 0.6 is 0 Å². The minimum atomic E-state index is 0.676. The molecule has 0 aliphatic heterocycles. The molecule has 2 aromatic rings. The van der Waals surface area contributed by atoms with Gasteiger partial charge in [0.25, 0.3) is 0 Å². The molecule has 0 saturated carbocycles. The SMILES string of the molecule is CC(C)Cc1ccc(COCc2ccc(CC(C)C)cc2)cc1. The number of rotatable bonds is 8. The van der Waals surface area contributed by atoms with Crippen molar-refractivity contribution >= 4 is 0 Å². The van der Waals surface area contributed by atoms with Gasteiger partial charge >= 0.3 is 0 Å². The topological polar surface area (TPSA) is 9.23 Å². The molecule has 0 bridgehead atoms. The van der Waals surface area contributed by atoms with Crippen molar-refractivity contribution in [1.82, 2.24) is 0 Å². The third-order valence-electron chi connectivity index (χ3n) is 3.87. The highest BCUT2D eigenvalue weighted by Crippen LogP contribution is 2.13. The standard InChI is InChI=1S/C22H30O/c1-17(2)13-19-5-9-21(10-6-19)15-23-16-22-11-7-20(8-12-22)14-18(3)4/h5-12,17-18H,13-16H2,1-4H3. The van der Waals surface area contributed by atoms with Gasteiger partial charge in [-0.2, -0.15) is 0 Å². The van der Waals surface area contributed by atoms with E-state index >= 15 is 0 Å². The largest absolute Gasteiger partial charge is 0.372 e. The molecule has 0 fully saturated rings. The fraction of sp³-hybridized carbons (Fsp3) is 0.455. The molecule has 0 radical (unpaired) electrons. The van der Waals surface area contributed by atoms with Crippen LogP contribution in [0.3, 0.4) is 0 Å². The number of ether oxygens (including phenoxy) is 1. The van der Waals surface area contributed by atoms with E-state index in [4.69, 9.17) is 4.74 Å². The van der Waals surface area contributed by atoms with Gasteiger partial charge in [-0.1, -0.05) is 76.2 Å². The second kappa shape index (κ2) is 8.88. The van der Waals surface area contributed by atoms with Crippen LogP contribution in [0.4, 0.5) is 0 Å². The van der Waals surface area contributed by atoms with Crippen LogP contribution in [0.15, 0.2) is 48.5 Å². The van der Waals surface area contributed by atoms with E-state index < -0.39 is 0 Å². The van der Waals surface area contributed by atoms with Gasteiger partial charge in [-0.05, 0) is 46.9 Å². The van der Waals surface area contributed by atoms with E-state index in [1.807, 2.05) is 0 Å². The van der Waals surface area contributed by atoms with Gasteiger partial charge in [-0.3, -0.25) is 0 Å². The molecule has 0 spiro atoms. The Labute approximate surface area is 141 Å². The van der Waals surface area contributed by atoms with E-state index in [0.717, 1.165) is 12.8 Å². The molecule has 0 aliphatic rings. The normalized spacial score (nSPS) is 11.4. The Morgan fingerprint density at radius 2 is 0.870 bits per heavy atom. The molecule has 2 aromatic carbocycles. The summed E-state index contributed by atoms with van der Waals surface area (Å²) in [6.07, 6.45) is 2.29. The maximum atomic E-state index is 5.85. The van der Waals surface area contributed by atoms with E-state index in [2.05, 4.69) is 76.2 Å². The number of hydrogen-bond donors (Lipinski definition) is 0. The third kappa shape index (κ3) is 6.58. The molecule has 0 amide bonds. The van der Waals surface area contributed by atoms with E-state index in [9.17, 15) is 0 Å². The molecule has 0 atom stereocenters. The fourth-order valence-corrected chi connectivity index (χ4v) is 2.77. The van der Waals surface area contributed by atoms with Crippen molar-refractivity contribution in [2.75, 3.05) is 0 Å². The van der Waals surface area contributed by atoms with Crippen LogP contribution in [0.1, 0.15) is 49.9 Å². The van der Waals surface area contributed by atoms with Gasteiger partial charge in [0.05, 0.1) is 13.2 Å². The summed E-state index contributed by atoms with van der Waals surface area (Å²) in [5, 5.41) is 0. The minimum absolute atomic E-state index is 0.676. The molecule has 2 rings (SSSR count). The lowest BCUT2D eigenvalue weighted by molar-refractivity contribution is 0.107. The highest BCUT2D eigenvalue weighted by molar-refractivity contribution is 5.23. The maximum absolute atomic E-state index is 5.85. The highest BCUT2D eigenvalue weighted by Gasteiger charge is 2.01. The monoisotopic (exact) mass is 310 g/mol. The molecule has 0 saturated heterocycles. The first-order chi connectivity index (χ1) is 11.0. The van der Waals surface area contributed by atoms with Gasteiger partial charge < -0.3 is 4.74 Å². The summed E-state index contributed by atoms with van der Waals surface area (Å²) < 4.78 is 5.85. The predicted molar refractivity (Wildman–Crippen MR) is 98.5 cm³/mol. The smallest absolute Gasteiger partial charge is 0.0721 e. The summed E-state index contributed by atoms with van der Waals surface area (Å²) in [4.78, 5) is 0. The quantitative estimate of drug-likeness (QED) is 0.598. The Morgan fingerprint density at radius 3 is 1.17 bits per heavy atom. The van der Waals surface area contributed by atoms with Crippen molar-refractivity contribution in [3.05, 3.63) is 70.8 Å². The van der Waals surface area contributed by atoms with Crippen molar-refractivity contribution in [3.63, 3.8) is 0 Å². The Kier molecular flexibility index (Phi) is 6.85. The number of benzene rings is 2. The van der Waals surface area contributed by atoms with Crippen LogP contribution in [-0.4, -0.2) is 0 Å². The highest BCUT2D eigenvalue weighted by atomic mass is 16.5. The summed E-state index contributed by atoms with van der Waals surface area (Å²) in [7, 11) is 0. The fourth-order valence-electron chi connectivity index (χ4n) is 2.77.